The van der Waals surface area contributed by atoms with Crippen LogP contribution in [0.5, 0.6) is 0 Å². The molecule has 0 spiro atoms. The van der Waals surface area contributed by atoms with Gasteiger partial charge in [0.25, 0.3) is 5.91 Å². The molecule has 0 atom stereocenters. The summed E-state index contributed by atoms with van der Waals surface area (Å²) in [5.41, 5.74) is 3.77. The van der Waals surface area contributed by atoms with Crippen molar-refractivity contribution in [2.75, 3.05) is 10.7 Å². The minimum Gasteiger partial charge on any atom is -0.332 e. The molecule has 12 heteroatoms. The van der Waals surface area contributed by atoms with Gasteiger partial charge in [0.2, 0.25) is 11.6 Å². The van der Waals surface area contributed by atoms with Crippen LogP contribution in [0.15, 0.2) is 48.8 Å². The SMILES string of the molecule is O=C(NNc1ncnc(Nc2cc(F)ccc2F)c1[N+](=O)[O-])c1ccc(Cl)cc1. The lowest BCUT2D eigenvalue weighted by atomic mass is 10.2. The van der Waals surface area contributed by atoms with Crippen molar-refractivity contribution in [2.24, 2.45) is 0 Å². The highest BCUT2D eigenvalue weighted by Crippen LogP contribution is 2.31. The molecule has 1 amide bonds. The summed E-state index contributed by atoms with van der Waals surface area (Å²) in [6, 6.07) is 8.47. The number of halogens is 3. The Labute approximate surface area is 166 Å². The van der Waals surface area contributed by atoms with Gasteiger partial charge in [-0.15, -0.1) is 0 Å². The van der Waals surface area contributed by atoms with Crippen molar-refractivity contribution in [3.05, 3.63) is 81.1 Å². The topological polar surface area (TPSA) is 122 Å². The number of aromatic nitrogens is 2. The van der Waals surface area contributed by atoms with Gasteiger partial charge < -0.3 is 5.32 Å². The van der Waals surface area contributed by atoms with Crippen molar-refractivity contribution in [1.29, 1.82) is 0 Å². The highest BCUT2D eigenvalue weighted by atomic mass is 35.5. The first kappa shape index (κ1) is 19.9. The minimum absolute atomic E-state index is 0.235. The molecule has 0 aliphatic rings. The number of carbonyl (C=O) groups excluding carboxylic acids is 1. The summed E-state index contributed by atoms with van der Waals surface area (Å²) >= 11 is 5.75. The van der Waals surface area contributed by atoms with Gasteiger partial charge in [0, 0.05) is 16.7 Å². The number of carbonyl (C=O) groups is 1. The molecular formula is C17H11ClF2N6O3. The third kappa shape index (κ3) is 4.71. The predicted molar refractivity (Wildman–Crippen MR) is 101 cm³/mol. The number of nitrogens with zero attached hydrogens (tertiary/aromatic N) is 3. The fourth-order valence-electron chi connectivity index (χ4n) is 2.24. The molecular weight excluding hydrogens is 410 g/mol. The third-order valence-corrected chi connectivity index (χ3v) is 3.84. The van der Waals surface area contributed by atoms with Crippen LogP contribution in [0.1, 0.15) is 10.4 Å². The van der Waals surface area contributed by atoms with Crippen molar-refractivity contribution < 1.29 is 18.5 Å². The molecule has 0 radical (unpaired) electrons. The molecule has 3 rings (SSSR count). The van der Waals surface area contributed by atoms with Gasteiger partial charge in [-0.05, 0) is 36.4 Å². The van der Waals surface area contributed by atoms with Crippen LogP contribution in [0, 0.1) is 21.7 Å². The van der Waals surface area contributed by atoms with E-state index in [0.29, 0.717) is 5.02 Å². The zero-order valence-corrected chi connectivity index (χ0v) is 15.1. The van der Waals surface area contributed by atoms with Crippen LogP contribution < -0.4 is 16.2 Å². The lowest BCUT2D eigenvalue weighted by Crippen LogP contribution is -2.30. The van der Waals surface area contributed by atoms with E-state index in [1.54, 1.807) is 0 Å². The molecule has 9 nitrogen and oxygen atoms in total. The Balaban J connectivity index is 1.85. The monoisotopic (exact) mass is 420 g/mol. The Bertz CT molecular complexity index is 1080. The maximum absolute atomic E-state index is 13.8. The fraction of sp³-hybridized carbons (Fsp3) is 0. The zero-order chi connectivity index (χ0) is 21.0. The average Bonchev–Trinajstić information content (AvgIpc) is 2.69. The van der Waals surface area contributed by atoms with E-state index in [-0.39, 0.29) is 17.1 Å². The smallest absolute Gasteiger partial charge is 0.332 e. The third-order valence-electron chi connectivity index (χ3n) is 3.59. The second-order valence-corrected chi connectivity index (χ2v) is 5.95. The van der Waals surface area contributed by atoms with E-state index in [9.17, 15) is 23.7 Å². The average molecular weight is 421 g/mol. The van der Waals surface area contributed by atoms with E-state index in [4.69, 9.17) is 11.6 Å². The summed E-state index contributed by atoms with van der Waals surface area (Å²) in [6.45, 7) is 0. The number of benzene rings is 2. The number of hydrogen-bond donors (Lipinski definition) is 3. The summed E-state index contributed by atoms with van der Waals surface area (Å²) in [5, 5.41) is 14.3. The second kappa shape index (κ2) is 8.44. The molecule has 0 saturated heterocycles. The Hall–Kier alpha value is -3.86. The van der Waals surface area contributed by atoms with Crippen LogP contribution in [-0.4, -0.2) is 20.8 Å². The molecule has 1 aromatic heterocycles. The molecule has 0 aliphatic heterocycles. The normalized spacial score (nSPS) is 10.3. The van der Waals surface area contributed by atoms with Crippen LogP contribution in [0.2, 0.25) is 5.02 Å². The molecule has 3 aromatic rings. The summed E-state index contributed by atoms with van der Waals surface area (Å²) in [4.78, 5) is 30.2. The van der Waals surface area contributed by atoms with Gasteiger partial charge in [-0.1, -0.05) is 11.6 Å². The Morgan fingerprint density at radius 3 is 2.45 bits per heavy atom. The van der Waals surface area contributed by atoms with Crippen molar-refractivity contribution in [2.45, 2.75) is 0 Å². The highest BCUT2D eigenvalue weighted by Gasteiger charge is 2.24. The number of nitrogens with one attached hydrogen (secondary N) is 3. The van der Waals surface area contributed by atoms with Crippen molar-refractivity contribution in [1.82, 2.24) is 15.4 Å². The molecule has 0 unspecified atom stereocenters. The van der Waals surface area contributed by atoms with E-state index >= 15 is 0 Å². The molecule has 0 saturated carbocycles. The van der Waals surface area contributed by atoms with Crippen molar-refractivity contribution in [3.63, 3.8) is 0 Å². The standard InChI is InChI=1S/C17H11ClF2N6O3/c18-10-3-1-9(2-4-10)17(27)25-24-16-14(26(28)29)15(21-8-22-16)23-13-7-11(19)5-6-12(13)20/h1-8H,(H,25,27)(H2,21,22,23,24). The van der Waals surface area contributed by atoms with Crippen LogP contribution in [0.4, 0.5) is 31.8 Å². The molecule has 0 aliphatic carbocycles. The van der Waals surface area contributed by atoms with Gasteiger partial charge in [-0.3, -0.25) is 25.8 Å². The van der Waals surface area contributed by atoms with Gasteiger partial charge >= 0.3 is 5.69 Å². The summed E-state index contributed by atoms with van der Waals surface area (Å²) in [6.07, 6.45) is 0.948. The molecule has 3 N–H and O–H groups in total. The van der Waals surface area contributed by atoms with Gasteiger partial charge in [0.15, 0.2) is 0 Å². The van der Waals surface area contributed by atoms with Gasteiger partial charge in [0.1, 0.15) is 18.0 Å². The van der Waals surface area contributed by atoms with E-state index in [1.807, 2.05) is 0 Å². The number of hydrazine groups is 1. The number of amides is 1. The second-order valence-electron chi connectivity index (χ2n) is 5.51. The number of hydrogen-bond acceptors (Lipinski definition) is 7. The lowest BCUT2D eigenvalue weighted by molar-refractivity contribution is -0.383. The number of rotatable bonds is 6. The van der Waals surface area contributed by atoms with E-state index in [2.05, 4.69) is 26.1 Å². The summed E-state index contributed by atoms with van der Waals surface area (Å²) in [7, 11) is 0. The maximum Gasteiger partial charge on any atom is 0.355 e. The lowest BCUT2D eigenvalue weighted by Gasteiger charge is -2.11. The summed E-state index contributed by atoms with van der Waals surface area (Å²) in [5.74, 6) is -2.98. The molecule has 0 bridgehead atoms. The molecule has 0 fully saturated rings. The number of nitro groups is 1. The van der Waals surface area contributed by atoms with Crippen LogP contribution in [-0.2, 0) is 0 Å². The molecule has 29 heavy (non-hydrogen) atoms. The number of anilines is 3. The first-order chi connectivity index (χ1) is 13.8. The fourth-order valence-corrected chi connectivity index (χ4v) is 2.37. The van der Waals surface area contributed by atoms with Gasteiger partial charge in [-0.25, -0.2) is 18.7 Å². The minimum atomic E-state index is -0.843. The Morgan fingerprint density at radius 2 is 1.76 bits per heavy atom. The Morgan fingerprint density at radius 1 is 1.07 bits per heavy atom. The molecule has 1 heterocycles. The van der Waals surface area contributed by atoms with E-state index < -0.39 is 34.0 Å². The molecule has 148 valence electrons. The van der Waals surface area contributed by atoms with Crippen molar-refractivity contribution >= 4 is 40.5 Å². The summed E-state index contributed by atoms with van der Waals surface area (Å²) < 4.78 is 27.2. The first-order valence-electron chi connectivity index (χ1n) is 7.88. The van der Waals surface area contributed by atoms with Crippen molar-refractivity contribution in [3.8, 4) is 0 Å². The quantitative estimate of drug-likeness (QED) is 0.409. The van der Waals surface area contributed by atoms with E-state index in [1.165, 1.54) is 24.3 Å². The van der Waals surface area contributed by atoms with Crippen LogP contribution in [0.25, 0.3) is 0 Å². The van der Waals surface area contributed by atoms with Gasteiger partial charge in [-0.2, -0.15) is 0 Å². The predicted octanol–water partition coefficient (Wildman–Crippen LogP) is 3.82. The van der Waals surface area contributed by atoms with Crippen LogP contribution >= 0.6 is 11.6 Å². The first-order valence-corrected chi connectivity index (χ1v) is 8.26. The largest absolute Gasteiger partial charge is 0.355 e. The van der Waals surface area contributed by atoms with Gasteiger partial charge in [0.05, 0.1) is 10.6 Å². The Kier molecular flexibility index (Phi) is 5.79. The zero-order valence-electron chi connectivity index (χ0n) is 14.3. The molecule has 2 aromatic carbocycles. The highest BCUT2D eigenvalue weighted by molar-refractivity contribution is 6.30. The van der Waals surface area contributed by atoms with E-state index in [0.717, 1.165) is 24.5 Å². The van der Waals surface area contributed by atoms with Crippen LogP contribution in [0.3, 0.4) is 0 Å². The maximum atomic E-state index is 13.8.